The largest absolute Gasteiger partial charge is 0.333 e. The Morgan fingerprint density at radius 2 is 1.62 bits per heavy atom. The molecule has 5 rings (SSSR count). The lowest BCUT2D eigenvalue weighted by molar-refractivity contribution is -0.118. The molecule has 0 atom stereocenters. The summed E-state index contributed by atoms with van der Waals surface area (Å²) >= 11 is 0. The molecule has 3 heterocycles. The maximum atomic E-state index is 13.9. The molecule has 8 heteroatoms. The van der Waals surface area contributed by atoms with Gasteiger partial charge < -0.3 is 10.2 Å². The Bertz CT molecular complexity index is 1090. The van der Waals surface area contributed by atoms with Crippen LogP contribution < -0.4 is 10.2 Å². The number of aromatic nitrogens is 1. The van der Waals surface area contributed by atoms with Crippen LogP contribution in [0.4, 0.5) is 21.0 Å². The summed E-state index contributed by atoms with van der Waals surface area (Å²) < 4.78 is 0. The van der Waals surface area contributed by atoms with E-state index in [2.05, 4.69) is 15.2 Å². The van der Waals surface area contributed by atoms with E-state index in [0.717, 1.165) is 36.4 Å². The molecule has 1 N–H and O–H groups in total. The van der Waals surface area contributed by atoms with E-state index < -0.39 is 12.1 Å². The van der Waals surface area contributed by atoms with Gasteiger partial charge in [0.1, 0.15) is 0 Å². The lowest BCUT2D eigenvalue weighted by Gasteiger charge is -2.42. The summed E-state index contributed by atoms with van der Waals surface area (Å²) in [5.74, 6) is -0.207. The maximum Gasteiger partial charge on any atom is 0.333 e. The van der Waals surface area contributed by atoms with Crippen LogP contribution in [0, 0.1) is 0 Å². The molecule has 0 bridgehead atoms. The monoisotopic (exact) mass is 503 g/mol. The van der Waals surface area contributed by atoms with E-state index in [9.17, 15) is 14.4 Å². The number of carbonyl (C=O) groups excluding carboxylic acids is 3. The topological polar surface area (TPSA) is 85.8 Å². The molecule has 2 aromatic rings. The molecule has 196 valence electrons. The van der Waals surface area contributed by atoms with E-state index in [-0.39, 0.29) is 24.8 Å². The first-order valence-corrected chi connectivity index (χ1v) is 13.8. The van der Waals surface area contributed by atoms with Crippen molar-refractivity contribution in [1.29, 1.82) is 0 Å². The van der Waals surface area contributed by atoms with Crippen molar-refractivity contribution < 1.29 is 14.4 Å². The van der Waals surface area contributed by atoms with Crippen LogP contribution in [-0.4, -0.2) is 64.3 Å². The number of urea groups is 2. The van der Waals surface area contributed by atoms with E-state index in [4.69, 9.17) is 0 Å². The summed E-state index contributed by atoms with van der Waals surface area (Å²) in [4.78, 5) is 49.4. The molecule has 2 aliphatic heterocycles. The number of para-hydroxylation sites is 2. The molecule has 0 radical (unpaired) electrons. The van der Waals surface area contributed by atoms with Gasteiger partial charge in [-0.25, -0.2) is 14.5 Å². The number of likely N-dealkylation sites (tertiary alicyclic amines) is 1. The Morgan fingerprint density at radius 1 is 0.892 bits per heavy atom. The molecule has 0 spiro atoms. The first kappa shape index (κ1) is 25.4. The highest BCUT2D eigenvalue weighted by molar-refractivity contribution is 6.13. The molecular formula is C29H37N5O3. The fourth-order valence-electron chi connectivity index (χ4n) is 6.06. The van der Waals surface area contributed by atoms with Crippen molar-refractivity contribution in [3.63, 3.8) is 0 Å². The number of nitrogens with one attached hydrogen (secondary N) is 1. The Morgan fingerprint density at radius 3 is 2.35 bits per heavy atom. The van der Waals surface area contributed by atoms with Crippen LogP contribution in [0.5, 0.6) is 0 Å². The fourth-order valence-corrected chi connectivity index (χ4v) is 6.06. The summed E-state index contributed by atoms with van der Waals surface area (Å²) in [5, 5.41) is 2.86. The van der Waals surface area contributed by atoms with E-state index in [1.807, 2.05) is 30.3 Å². The lowest BCUT2D eigenvalue weighted by atomic mass is 9.93. The number of Topliss-reactive ketones (excluding diaryl/α,β-unsaturated/α-hetero) is 1. The van der Waals surface area contributed by atoms with Gasteiger partial charge in [0.25, 0.3) is 0 Å². The van der Waals surface area contributed by atoms with Crippen LogP contribution in [-0.2, 0) is 11.2 Å². The second-order valence-corrected chi connectivity index (χ2v) is 10.5. The number of piperidine rings is 1. The van der Waals surface area contributed by atoms with Gasteiger partial charge in [0.15, 0.2) is 5.78 Å². The molecule has 1 aromatic carbocycles. The number of pyridine rings is 1. The second-order valence-electron chi connectivity index (χ2n) is 10.5. The fraction of sp³-hybridized carbons (Fsp3) is 0.517. The van der Waals surface area contributed by atoms with Gasteiger partial charge in [-0.05, 0) is 49.4 Å². The van der Waals surface area contributed by atoms with Crippen molar-refractivity contribution in [2.24, 2.45) is 0 Å². The highest BCUT2D eigenvalue weighted by atomic mass is 16.2. The van der Waals surface area contributed by atoms with Crippen LogP contribution in [0.1, 0.15) is 63.4 Å². The van der Waals surface area contributed by atoms with E-state index >= 15 is 0 Å². The van der Waals surface area contributed by atoms with Crippen LogP contribution in [0.25, 0.3) is 0 Å². The number of hydrogen-bond acceptors (Lipinski definition) is 5. The Hall–Kier alpha value is -3.26. The lowest BCUT2D eigenvalue weighted by Crippen LogP contribution is -2.55. The van der Waals surface area contributed by atoms with Crippen molar-refractivity contribution in [3.05, 3.63) is 54.4 Å². The number of benzene rings is 1. The number of imide groups is 1. The SMILES string of the molecule is O=C(Cc1cccnc1)CN1C(=O)Nc2ccccc2N(C2CCN(C3CCCCCCC3)CC2)C1=O. The summed E-state index contributed by atoms with van der Waals surface area (Å²) in [7, 11) is 0. The van der Waals surface area contributed by atoms with Crippen molar-refractivity contribution in [3.8, 4) is 0 Å². The number of amides is 4. The molecule has 1 saturated heterocycles. The van der Waals surface area contributed by atoms with Crippen molar-refractivity contribution in [1.82, 2.24) is 14.8 Å². The van der Waals surface area contributed by atoms with Gasteiger partial charge in [0.2, 0.25) is 0 Å². The standard InChI is InChI=1S/C29H37N5O3/c35-25(19-22-9-8-16-30-20-22)21-33-28(36)31-26-12-6-7-13-27(26)34(29(33)37)24-14-17-32(18-15-24)23-10-4-2-1-3-5-11-23/h6-9,12-13,16,20,23-24H,1-5,10-11,14-15,17-19,21H2,(H,31,36). The third-order valence-electron chi connectivity index (χ3n) is 8.00. The van der Waals surface area contributed by atoms with Crippen LogP contribution in [0.3, 0.4) is 0 Å². The molecule has 4 amide bonds. The minimum atomic E-state index is -0.563. The number of hydrogen-bond donors (Lipinski definition) is 1. The van der Waals surface area contributed by atoms with Crippen molar-refractivity contribution in [2.45, 2.75) is 76.3 Å². The van der Waals surface area contributed by atoms with Gasteiger partial charge in [0, 0.05) is 44.0 Å². The smallest absolute Gasteiger partial charge is 0.305 e. The summed E-state index contributed by atoms with van der Waals surface area (Å²) in [5.41, 5.74) is 2.06. The Kier molecular flexibility index (Phi) is 8.14. The van der Waals surface area contributed by atoms with Gasteiger partial charge in [0.05, 0.1) is 17.9 Å². The molecule has 0 unspecified atom stereocenters. The molecule has 1 saturated carbocycles. The molecule has 37 heavy (non-hydrogen) atoms. The summed E-state index contributed by atoms with van der Waals surface area (Å²) in [6.45, 7) is 1.62. The average molecular weight is 504 g/mol. The molecular weight excluding hydrogens is 466 g/mol. The molecule has 3 aliphatic rings. The highest BCUT2D eigenvalue weighted by Crippen LogP contribution is 2.35. The normalized spacial score (nSPS) is 20.5. The Labute approximate surface area is 219 Å². The summed E-state index contributed by atoms with van der Waals surface area (Å²) in [6.07, 6.45) is 14.3. The molecule has 8 nitrogen and oxygen atoms in total. The van der Waals surface area contributed by atoms with Gasteiger partial charge >= 0.3 is 12.1 Å². The highest BCUT2D eigenvalue weighted by Gasteiger charge is 2.39. The van der Waals surface area contributed by atoms with E-state index in [1.165, 1.54) is 44.9 Å². The predicted molar refractivity (Wildman–Crippen MR) is 144 cm³/mol. The van der Waals surface area contributed by atoms with E-state index in [0.29, 0.717) is 17.4 Å². The molecule has 2 fully saturated rings. The zero-order valence-corrected chi connectivity index (χ0v) is 21.5. The first-order valence-electron chi connectivity index (χ1n) is 13.8. The zero-order chi connectivity index (χ0) is 25.6. The quantitative estimate of drug-likeness (QED) is 0.582. The van der Waals surface area contributed by atoms with Crippen molar-refractivity contribution in [2.75, 3.05) is 29.9 Å². The minimum Gasteiger partial charge on any atom is -0.305 e. The zero-order valence-electron chi connectivity index (χ0n) is 21.5. The van der Waals surface area contributed by atoms with Crippen LogP contribution in [0.15, 0.2) is 48.8 Å². The molecule has 1 aromatic heterocycles. The maximum absolute atomic E-state index is 13.9. The number of carbonyl (C=O) groups is 3. The third-order valence-corrected chi connectivity index (χ3v) is 8.00. The van der Waals surface area contributed by atoms with E-state index in [1.54, 1.807) is 23.4 Å². The number of nitrogens with zero attached hydrogens (tertiary/aromatic N) is 4. The second kappa shape index (κ2) is 11.9. The number of ketones is 1. The van der Waals surface area contributed by atoms with Crippen LogP contribution in [0.2, 0.25) is 0 Å². The number of fused-ring (bicyclic) bond motifs is 1. The number of rotatable bonds is 6. The van der Waals surface area contributed by atoms with Crippen LogP contribution >= 0.6 is 0 Å². The van der Waals surface area contributed by atoms with Crippen molar-refractivity contribution >= 4 is 29.2 Å². The minimum absolute atomic E-state index is 0.0259. The van der Waals surface area contributed by atoms with Gasteiger partial charge in [-0.2, -0.15) is 0 Å². The van der Waals surface area contributed by atoms with Gasteiger partial charge in [-0.15, -0.1) is 0 Å². The predicted octanol–water partition coefficient (Wildman–Crippen LogP) is 5.24. The van der Waals surface area contributed by atoms with Gasteiger partial charge in [-0.3, -0.25) is 14.7 Å². The third kappa shape index (κ3) is 6.01. The summed E-state index contributed by atoms with van der Waals surface area (Å²) in [6, 6.07) is 10.7. The average Bonchev–Trinajstić information content (AvgIpc) is 2.99. The molecule has 1 aliphatic carbocycles. The van der Waals surface area contributed by atoms with Gasteiger partial charge in [-0.1, -0.05) is 50.3 Å². The Balaban J connectivity index is 1.31. The first-order chi connectivity index (χ1) is 18.1. The number of anilines is 2.